The minimum absolute atomic E-state index is 0.170. The Hall–Kier alpha value is -4.28. The van der Waals surface area contributed by atoms with Crippen LogP contribution < -0.4 is 5.32 Å². The Morgan fingerprint density at radius 1 is 0.831 bits per heavy atom. The van der Waals surface area contributed by atoms with Gasteiger partial charge in [0.25, 0.3) is 0 Å². The first-order valence-electron chi connectivity index (χ1n) is 28.1. The van der Waals surface area contributed by atoms with Crippen LogP contribution in [0, 0.1) is 16.7 Å². The molecule has 3 fully saturated rings. The van der Waals surface area contributed by atoms with E-state index in [4.69, 9.17) is 42.0 Å². The monoisotopic (exact) mass is 1110 g/mol. The lowest BCUT2D eigenvalue weighted by Crippen LogP contribution is -2.82. The molecule has 4 aliphatic rings. The number of amides is 1. The summed E-state index contributed by atoms with van der Waals surface area (Å²) in [6, 6.07) is 20.2. The van der Waals surface area contributed by atoms with Crippen molar-refractivity contribution in [2.45, 2.75) is 226 Å². The molecule has 0 spiro atoms. The van der Waals surface area contributed by atoms with E-state index >= 15 is 14.4 Å². The Balaban J connectivity index is 1.69. The molecule has 2 aromatic carbocycles. The summed E-state index contributed by atoms with van der Waals surface area (Å²) in [4.78, 5) is 75.1. The zero-order chi connectivity index (χ0) is 57.1. The summed E-state index contributed by atoms with van der Waals surface area (Å²) in [6.07, 6.45) is -9.65. The van der Waals surface area contributed by atoms with Crippen molar-refractivity contribution in [3.8, 4) is 0 Å². The predicted molar refractivity (Wildman–Crippen MR) is 296 cm³/mol. The van der Waals surface area contributed by atoms with E-state index in [0.717, 1.165) is 18.1 Å². The molecule has 0 radical (unpaired) electrons. The molecule has 2 aromatic rings. The summed E-state index contributed by atoms with van der Waals surface area (Å²) in [6.45, 7) is 29.7. The number of ether oxygens (including phenoxy) is 7. The minimum atomic E-state index is -2.83. The van der Waals surface area contributed by atoms with Crippen LogP contribution in [0.1, 0.15) is 146 Å². The van der Waals surface area contributed by atoms with Gasteiger partial charge in [0.05, 0.1) is 35.6 Å². The van der Waals surface area contributed by atoms with E-state index in [1.165, 1.54) is 6.92 Å². The van der Waals surface area contributed by atoms with Gasteiger partial charge in [-0.15, -0.1) is 0 Å². The van der Waals surface area contributed by atoms with Gasteiger partial charge in [0.1, 0.15) is 35.6 Å². The van der Waals surface area contributed by atoms with Gasteiger partial charge in [-0.3, -0.25) is 9.59 Å². The van der Waals surface area contributed by atoms with Gasteiger partial charge >= 0.3 is 24.0 Å². The normalized spacial score (nSPS) is 29.2. The van der Waals surface area contributed by atoms with E-state index in [-0.39, 0.29) is 37.4 Å². The molecule has 1 heterocycles. The Kier molecular flexibility index (Phi) is 19.5. The van der Waals surface area contributed by atoms with Crippen molar-refractivity contribution in [2.75, 3.05) is 13.2 Å². The number of Topliss-reactive ketones (excluding diaryl/α,β-unsaturated/α-hetero) is 1. The van der Waals surface area contributed by atoms with Gasteiger partial charge in [0, 0.05) is 31.8 Å². The molecular weight excluding hydrogens is 1020 g/mol. The van der Waals surface area contributed by atoms with Crippen LogP contribution in [0.25, 0.3) is 0 Å². The molecule has 0 aromatic heterocycles. The first-order chi connectivity index (χ1) is 36.2. The second-order valence-corrected chi connectivity index (χ2v) is 32.8. The van der Waals surface area contributed by atoms with Crippen molar-refractivity contribution in [1.29, 1.82) is 0 Å². The van der Waals surface area contributed by atoms with Crippen LogP contribution in [0.5, 0.6) is 0 Å². The lowest BCUT2D eigenvalue weighted by atomic mass is 9.44. The van der Waals surface area contributed by atoms with Crippen LogP contribution in [0.2, 0.25) is 36.3 Å². The van der Waals surface area contributed by atoms with Gasteiger partial charge < -0.3 is 52.4 Å². The molecule has 1 aliphatic heterocycles. The lowest BCUT2D eigenvalue weighted by Gasteiger charge is -2.68. The molecule has 16 nitrogen and oxygen atoms in total. The van der Waals surface area contributed by atoms with Gasteiger partial charge in [-0.25, -0.2) is 14.4 Å². The molecule has 2 N–H and O–H groups in total. The number of alkyl carbamates (subject to hydrolysis) is 1. The van der Waals surface area contributed by atoms with Crippen molar-refractivity contribution in [3.05, 3.63) is 82.9 Å². The van der Waals surface area contributed by atoms with Crippen molar-refractivity contribution in [3.63, 3.8) is 0 Å². The molecule has 3 aliphatic carbocycles. The highest BCUT2D eigenvalue weighted by Crippen LogP contribution is 2.65. The number of benzene rings is 2. The number of carbonyl (C=O) groups is 5. The van der Waals surface area contributed by atoms with E-state index in [2.05, 4.69) is 46.9 Å². The average molecular weight is 1110 g/mol. The molecule has 1 unspecified atom stereocenters. The molecule has 6 rings (SSSR count). The van der Waals surface area contributed by atoms with Crippen LogP contribution in [0.15, 0.2) is 71.8 Å². The first kappa shape index (κ1) is 61.9. The smallest absolute Gasteiger partial charge is 0.408 e. The zero-order valence-corrected chi connectivity index (χ0v) is 50.7. The van der Waals surface area contributed by atoms with Crippen LogP contribution in [-0.2, 0) is 56.4 Å². The Bertz CT molecular complexity index is 2420. The highest BCUT2D eigenvalue weighted by atomic mass is 28.4. The van der Waals surface area contributed by atoms with E-state index in [1.807, 2.05) is 20.8 Å². The van der Waals surface area contributed by atoms with Crippen molar-refractivity contribution >= 4 is 46.4 Å². The van der Waals surface area contributed by atoms with Gasteiger partial charge in [-0.2, -0.15) is 0 Å². The molecule has 2 bridgehead atoms. The second kappa shape index (κ2) is 24.2. The third-order valence-corrected chi connectivity index (χ3v) is 27.1. The minimum Gasteiger partial charge on any atom is -0.456 e. The number of rotatable bonds is 22. The average Bonchev–Trinajstić information content (AvgIpc) is 3.40. The fraction of sp³-hybridized carbons (Fsp3) is 0.678. The van der Waals surface area contributed by atoms with E-state index in [0.29, 0.717) is 34.8 Å². The zero-order valence-electron chi connectivity index (χ0n) is 48.7. The molecular formula is C59H89NO15Si2. The van der Waals surface area contributed by atoms with Crippen molar-refractivity contribution in [2.24, 2.45) is 16.7 Å². The van der Waals surface area contributed by atoms with E-state index < -0.39 is 123 Å². The van der Waals surface area contributed by atoms with Crippen LogP contribution in [0.3, 0.4) is 0 Å². The molecule has 18 heteroatoms. The number of ketones is 1. The molecule has 12 atom stereocenters. The number of hydrogen-bond acceptors (Lipinski definition) is 15. The number of aliphatic hydroxyl groups is 1. The maximum atomic E-state index is 17.2. The fourth-order valence-electron chi connectivity index (χ4n) is 12.9. The number of hydrogen-bond donors (Lipinski definition) is 2. The third kappa shape index (κ3) is 12.0. The van der Waals surface area contributed by atoms with Crippen LogP contribution >= 0.6 is 0 Å². The maximum absolute atomic E-state index is 17.2. The SMILES string of the molecule is CCOC(C)O[C@@H](C(=O)O[C@H]1C[C@@]2(O)[C@@H](OC(=O)c3ccccc3)[C@@H]3[C@]4(OC(C)=O)CO[C@@H]4C[C@H](O[Si](CC)(CC)CC)[C@@]3(C)C(=O)[C@H](O[Si](CC)(CC)CC)C(=C1C)C2(C)C)[C@@H](NC(=O)OC(C)(C)C)c1ccccc1. The Morgan fingerprint density at radius 3 is 1.90 bits per heavy atom. The first-order valence-corrected chi connectivity index (χ1v) is 33.1. The molecule has 1 amide bonds. The van der Waals surface area contributed by atoms with Crippen molar-refractivity contribution in [1.82, 2.24) is 5.32 Å². The molecule has 1 saturated heterocycles. The highest BCUT2D eigenvalue weighted by Gasteiger charge is 2.79. The largest absolute Gasteiger partial charge is 0.456 e. The Labute approximate surface area is 459 Å². The van der Waals surface area contributed by atoms with Gasteiger partial charge in [-0.1, -0.05) is 104 Å². The van der Waals surface area contributed by atoms with Gasteiger partial charge in [-0.05, 0) is 114 Å². The Morgan fingerprint density at radius 2 is 1.39 bits per heavy atom. The number of carbonyl (C=O) groups excluding carboxylic acids is 5. The topological polar surface area (TPSA) is 201 Å². The summed E-state index contributed by atoms with van der Waals surface area (Å²) in [7, 11) is -5.44. The summed E-state index contributed by atoms with van der Waals surface area (Å²) >= 11 is 0. The fourth-order valence-corrected chi connectivity index (χ4v) is 18.6. The summed E-state index contributed by atoms with van der Waals surface area (Å²) in [5, 5.41) is 17.5. The standard InChI is InChI=1S/C59H89NO15Si2/c1-17-67-39(10)69-48(46(40-30-26-24-27-31-40)60-54(65)73-55(11,12)13)53(64)70-42-35-59(66)51(71-52(63)41-32-28-25-29-33-41)49-57(16,50(62)47(45(37(42)8)56(59,14)15)75-77(21-5,22-6)23-7)43(74-76(18-2,19-3)20-4)34-44-58(49,36-68-44)72-38(9)61/h24-33,39,42-44,46-49,51,66H,17-23,34-36H2,1-16H3,(H,60,65)/t39?,42-,43-,44+,46-,47+,48+,49-,51-,57+,58-,59+/m0/s1. The second-order valence-electron chi connectivity index (χ2n) is 23.4. The van der Waals surface area contributed by atoms with Crippen molar-refractivity contribution < 1.29 is 71.1 Å². The predicted octanol–water partition coefficient (Wildman–Crippen LogP) is 10.7. The summed E-state index contributed by atoms with van der Waals surface area (Å²) in [5.41, 5.74) is -6.45. The third-order valence-electron chi connectivity index (χ3n) is 17.9. The van der Waals surface area contributed by atoms with Gasteiger partial charge in [0.2, 0.25) is 0 Å². The number of fused-ring (bicyclic) bond motifs is 5. The van der Waals surface area contributed by atoms with Crippen LogP contribution in [-0.4, -0.2) is 124 Å². The lowest BCUT2D eigenvalue weighted by molar-refractivity contribution is -0.344. The summed E-state index contributed by atoms with van der Waals surface area (Å²) in [5.74, 6) is -4.08. The molecule has 77 heavy (non-hydrogen) atoms. The maximum Gasteiger partial charge on any atom is 0.408 e. The summed E-state index contributed by atoms with van der Waals surface area (Å²) < 4.78 is 59.7. The number of nitrogens with one attached hydrogen (secondary N) is 1. The molecule has 2 saturated carbocycles. The van der Waals surface area contributed by atoms with E-state index in [9.17, 15) is 14.7 Å². The van der Waals surface area contributed by atoms with Crippen LogP contribution in [0.4, 0.5) is 4.79 Å². The quantitative estimate of drug-likeness (QED) is 0.0370. The highest BCUT2D eigenvalue weighted by molar-refractivity contribution is 6.74. The van der Waals surface area contributed by atoms with Gasteiger partial charge in [0.15, 0.2) is 40.4 Å². The number of esters is 3. The van der Waals surface area contributed by atoms with E-state index in [1.54, 1.807) is 102 Å². The molecule has 428 valence electrons.